The van der Waals surface area contributed by atoms with E-state index < -0.39 is 0 Å². The summed E-state index contributed by atoms with van der Waals surface area (Å²) in [5, 5.41) is 0. The van der Waals surface area contributed by atoms with E-state index in [1.807, 2.05) is 36.1 Å². The van der Waals surface area contributed by atoms with Gasteiger partial charge in [-0.1, -0.05) is 62.7 Å². The van der Waals surface area contributed by atoms with Crippen molar-refractivity contribution < 1.29 is 4.79 Å². The van der Waals surface area contributed by atoms with Gasteiger partial charge in [0, 0.05) is 38.3 Å². The highest BCUT2D eigenvalue weighted by molar-refractivity contribution is 5.94. The highest BCUT2D eigenvalue weighted by Crippen LogP contribution is 2.22. The summed E-state index contributed by atoms with van der Waals surface area (Å²) in [6.07, 6.45) is 0. The number of benzene rings is 2. The maximum Gasteiger partial charge on any atom is 0.253 e. The van der Waals surface area contributed by atoms with E-state index in [9.17, 15) is 4.79 Å². The number of aryl methyl sites for hydroxylation is 1. The third-order valence-electron chi connectivity index (χ3n) is 5.18. The lowest BCUT2D eigenvalue weighted by Gasteiger charge is -2.35. The molecule has 138 valence electrons. The Morgan fingerprint density at radius 2 is 1.46 bits per heavy atom. The zero-order valence-electron chi connectivity index (χ0n) is 16.5. The maximum atomic E-state index is 12.6. The molecule has 1 heterocycles. The Hall–Kier alpha value is -2.13. The van der Waals surface area contributed by atoms with Crippen LogP contribution in [0, 0.1) is 6.92 Å². The van der Waals surface area contributed by atoms with Gasteiger partial charge in [0.2, 0.25) is 0 Å². The van der Waals surface area contributed by atoms with E-state index in [0.29, 0.717) is 0 Å². The molecule has 1 fully saturated rings. The van der Waals surface area contributed by atoms with Crippen molar-refractivity contribution in [2.45, 2.75) is 39.7 Å². The summed E-state index contributed by atoms with van der Waals surface area (Å²) < 4.78 is 0. The van der Waals surface area contributed by atoms with Crippen LogP contribution >= 0.6 is 0 Å². The first kappa shape index (κ1) is 18.7. The Bertz CT molecular complexity index is 733. The highest BCUT2D eigenvalue weighted by Gasteiger charge is 2.22. The lowest BCUT2D eigenvalue weighted by Crippen LogP contribution is -2.48. The van der Waals surface area contributed by atoms with Gasteiger partial charge in [-0.15, -0.1) is 0 Å². The van der Waals surface area contributed by atoms with Gasteiger partial charge in [0.05, 0.1) is 0 Å². The SMILES string of the molecule is Cc1ccc(C(=O)N2CCN(Cc3ccc(C(C)(C)C)cc3)CC2)cc1. The molecule has 0 N–H and O–H groups in total. The normalized spacial score (nSPS) is 15.9. The molecule has 0 aromatic heterocycles. The van der Waals surface area contributed by atoms with Crippen LogP contribution in [0.3, 0.4) is 0 Å². The second-order valence-electron chi connectivity index (χ2n) is 8.38. The first-order valence-electron chi connectivity index (χ1n) is 9.51. The van der Waals surface area contributed by atoms with Crippen LogP contribution in [0.5, 0.6) is 0 Å². The van der Waals surface area contributed by atoms with Crippen LogP contribution in [0.1, 0.15) is 47.8 Å². The molecule has 0 unspecified atom stereocenters. The molecule has 0 saturated carbocycles. The van der Waals surface area contributed by atoms with Gasteiger partial charge in [0.25, 0.3) is 5.91 Å². The van der Waals surface area contributed by atoms with Gasteiger partial charge < -0.3 is 4.90 Å². The molecular weight excluding hydrogens is 320 g/mol. The zero-order valence-corrected chi connectivity index (χ0v) is 16.5. The lowest BCUT2D eigenvalue weighted by atomic mass is 9.87. The highest BCUT2D eigenvalue weighted by atomic mass is 16.2. The molecule has 1 aliphatic rings. The largest absolute Gasteiger partial charge is 0.336 e. The van der Waals surface area contributed by atoms with Crippen LogP contribution < -0.4 is 0 Å². The lowest BCUT2D eigenvalue weighted by molar-refractivity contribution is 0.0628. The van der Waals surface area contributed by atoms with E-state index in [1.165, 1.54) is 16.7 Å². The third-order valence-corrected chi connectivity index (χ3v) is 5.18. The van der Waals surface area contributed by atoms with Crippen LogP contribution in [0.25, 0.3) is 0 Å². The molecule has 1 amide bonds. The van der Waals surface area contributed by atoms with Crippen LogP contribution in [0.15, 0.2) is 48.5 Å². The number of hydrogen-bond donors (Lipinski definition) is 0. The molecule has 0 aliphatic carbocycles. The minimum atomic E-state index is 0.152. The predicted octanol–water partition coefficient (Wildman–Crippen LogP) is 4.25. The van der Waals surface area contributed by atoms with Crippen molar-refractivity contribution >= 4 is 5.91 Å². The van der Waals surface area contributed by atoms with Gasteiger partial charge in [-0.25, -0.2) is 0 Å². The molecule has 0 radical (unpaired) electrons. The van der Waals surface area contributed by atoms with Crippen LogP contribution in [-0.4, -0.2) is 41.9 Å². The van der Waals surface area contributed by atoms with Crippen LogP contribution in [0.2, 0.25) is 0 Å². The van der Waals surface area contributed by atoms with Crippen LogP contribution in [-0.2, 0) is 12.0 Å². The Morgan fingerprint density at radius 3 is 2.00 bits per heavy atom. The smallest absolute Gasteiger partial charge is 0.253 e. The number of piperazine rings is 1. The predicted molar refractivity (Wildman–Crippen MR) is 108 cm³/mol. The van der Waals surface area contributed by atoms with E-state index in [1.54, 1.807) is 0 Å². The Kier molecular flexibility index (Phi) is 5.47. The fourth-order valence-corrected chi connectivity index (χ4v) is 3.36. The van der Waals surface area contributed by atoms with Crippen molar-refractivity contribution in [2.24, 2.45) is 0 Å². The molecule has 3 rings (SSSR count). The van der Waals surface area contributed by atoms with Gasteiger partial charge in [0.15, 0.2) is 0 Å². The van der Waals surface area contributed by atoms with E-state index >= 15 is 0 Å². The first-order chi connectivity index (χ1) is 12.3. The standard InChI is InChI=1S/C23H30N2O/c1-18-5-9-20(10-6-18)22(26)25-15-13-24(14-16-25)17-19-7-11-21(12-8-19)23(2,3)4/h5-12H,13-17H2,1-4H3. The number of rotatable bonds is 3. The summed E-state index contributed by atoms with van der Waals surface area (Å²) in [7, 11) is 0. The average Bonchev–Trinajstić information content (AvgIpc) is 2.62. The minimum absolute atomic E-state index is 0.152. The quantitative estimate of drug-likeness (QED) is 0.826. The molecule has 3 nitrogen and oxygen atoms in total. The summed E-state index contributed by atoms with van der Waals surface area (Å²) in [6.45, 7) is 13.2. The van der Waals surface area contributed by atoms with E-state index in [0.717, 1.165) is 38.3 Å². The number of carbonyl (C=O) groups is 1. The summed E-state index contributed by atoms with van der Waals surface area (Å²) in [6, 6.07) is 16.8. The van der Waals surface area contributed by atoms with Gasteiger partial charge >= 0.3 is 0 Å². The molecule has 1 saturated heterocycles. The first-order valence-corrected chi connectivity index (χ1v) is 9.51. The van der Waals surface area contributed by atoms with Gasteiger partial charge in [-0.2, -0.15) is 0 Å². The number of nitrogens with zero attached hydrogens (tertiary/aromatic N) is 2. The summed E-state index contributed by atoms with van der Waals surface area (Å²) in [5.41, 5.74) is 4.89. The van der Waals surface area contributed by atoms with Crippen LogP contribution in [0.4, 0.5) is 0 Å². The Labute approximate surface area is 157 Å². The van der Waals surface area contributed by atoms with Gasteiger partial charge in [0.1, 0.15) is 0 Å². The second kappa shape index (κ2) is 7.63. The molecule has 2 aromatic carbocycles. The van der Waals surface area contributed by atoms with E-state index in [4.69, 9.17) is 0 Å². The Morgan fingerprint density at radius 1 is 0.885 bits per heavy atom. The fourth-order valence-electron chi connectivity index (χ4n) is 3.36. The van der Waals surface area contributed by atoms with Crippen molar-refractivity contribution in [1.82, 2.24) is 9.80 Å². The second-order valence-corrected chi connectivity index (χ2v) is 8.38. The maximum absolute atomic E-state index is 12.6. The molecular formula is C23H30N2O. The molecule has 1 aliphatic heterocycles. The van der Waals surface area contributed by atoms with Crippen molar-refractivity contribution in [3.05, 3.63) is 70.8 Å². The van der Waals surface area contributed by atoms with E-state index in [-0.39, 0.29) is 11.3 Å². The number of amides is 1. The van der Waals surface area contributed by atoms with Gasteiger partial charge in [-0.3, -0.25) is 9.69 Å². The molecule has 2 aromatic rings. The molecule has 0 atom stereocenters. The number of hydrogen-bond acceptors (Lipinski definition) is 2. The van der Waals surface area contributed by atoms with Crippen molar-refractivity contribution in [1.29, 1.82) is 0 Å². The fraction of sp³-hybridized carbons (Fsp3) is 0.435. The minimum Gasteiger partial charge on any atom is -0.336 e. The zero-order chi connectivity index (χ0) is 18.7. The van der Waals surface area contributed by atoms with Gasteiger partial charge in [-0.05, 0) is 35.6 Å². The monoisotopic (exact) mass is 350 g/mol. The molecule has 0 bridgehead atoms. The molecule has 0 spiro atoms. The summed E-state index contributed by atoms with van der Waals surface area (Å²) in [4.78, 5) is 17.0. The summed E-state index contributed by atoms with van der Waals surface area (Å²) >= 11 is 0. The topological polar surface area (TPSA) is 23.6 Å². The van der Waals surface area contributed by atoms with E-state index in [2.05, 4.69) is 49.9 Å². The third kappa shape index (κ3) is 4.53. The molecule has 3 heteroatoms. The van der Waals surface area contributed by atoms with Crippen molar-refractivity contribution in [2.75, 3.05) is 26.2 Å². The Balaban J connectivity index is 1.53. The van der Waals surface area contributed by atoms with Crippen molar-refractivity contribution in [3.63, 3.8) is 0 Å². The molecule has 26 heavy (non-hydrogen) atoms. The number of carbonyl (C=O) groups excluding carboxylic acids is 1. The average molecular weight is 351 g/mol. The van der Waals surface area contributed by atoms with Crippen molar-refractivity contribution in [3.8, 4) is 0 Å². The summed E-state index contributed by atoms with van der Waals surface area (Å²) in [5.74, 6) is 0.152.